The molecule has 110 valence electrons. The molecule has 6 heteroatoms. The zero-order valence-corrected chi connectivity index (χ0v) is 12.3. The summed E-state index contributed by atoms with van der Waals surface area (Å²) in [6.07, 6.45) is 3.08. The number of amides is 1. The number of rotatable bonds is 8. The van der Waals surface area contributed by atoms with Crippen molar-refractivity contribution in [2.75, 3.05) is 18.6 Å². The molecule has 0 bridgehead atoms. The van der Waals surface area contributed by atoms with Gasteiger partial charge in [-0.2, -0.15) is 11.8 Å². The number of carboxylic acid groups (broad SMARTS) is 1. The Bertz CT molecular complexity index is 465. The Morgan fingerprint density at radius 2 is 2.10 bits per heavy atom. The normalized spacial score (nSPS) is 11.9. The summed E-state index contributed by atoms with van der Waals surface area (Å²) in [5.74, 6) is -0.299. The van der Waals surface area contributed by atoms with Crippen LogP contribution < -0.4 is 11.1 Å². The molecule has 0 spiro atoms. The van der Waals surface area contributed by atoms with Crippen LogP contribution in [0.1, 0.15) is 22.3 Å². The largest absolute Gasteiger partial charge is 0.478 e. The lowest BCUT2D eigenvalue weighted by Gasteiger charge is -2.12. The van der Waals surface area contributed by atoms with Crippen LogP contribution in [0.4, 0.5) is 0 Å². The van der Waals surface area contributed by atoms with Crippen molar-refractivity contribution >= 4 is 23.6 Å². The van der Waals surface area contributed by atoms with Crippen LogP contribution in [0, 0.1) is 0 Å². The average molecular weight is 296 g/mol. The predicted octanol–water partition coefficient (Wildman–Crippen LogP) is 1.12. The van der Waals surface area contributed by atoms with E-state index in [1.165, 1.54) is 0 Å². The first-order valence-electron chi connectivity index (χ1n) is 6.39. The molecule has 0 aliphatic heterocycles. The number of benzene rings is 1. The van der Waals surface area contributed by atoms with Crippen molar-refractivity contribution in [1.29, 1.82) is 0 Å². The van der Waals surface area contributed by atoms with Gasteiger partial charge in [-0.3, -0.25) is 4.79 Å². The first-order chi connectivity index (χ1) is 9.56. The average Bonchev–Trinajstić information content (AvgIpc) is 2.44. The monoisotopic (exact) mass is 296 g/mol. The molecule has 1 rings (SSSR count). The Labute approximate surface area is 122 Å². The molecule has 0 unspecified atom stereocenters. The molecule has 0 aromatic heterocycles. The minimum atomic E-state index is -0.955. The van der Waals surface area contributed by atoms with Gasteiger partial charge in [-0.1, -0.05) is 18.2 Å². The SMILES string of the molecule is CSCC[C@@H](N)C(=O)NCCc1ccccc1C(=O)O. The lowest BCUT2D eigenvalue weighted by Crippen LogP contribution is -2.41. The van der Waals surface area contributed by atoms with Gasteiger partial charge in [0.2, 0.25) is 5.91 Å². The highest BCUT2D eigenvalue weighted by Crippen LogP contribution is 2.09. The third-order valence-electron chi connectivity index (χ3n) is 2.91. The first kappa shape index (κ1) is 16.5. The standard InChI is InChI=1S/C14H20N2O3S/c1-20-9-7-12(15)13(17)16-8-6-10-4-2-3-5-11(10)14(18)19/h2-5,12H,6-9,15H2,1H3,(H,16,17)(H,18,19)/t12-/m1/s1. The van der Waals surface area contributed by atoms with Crippen LogP contribution >= 0.6 is 11.8 Å². The van der Waals surface area contributed by atoms with E-state index in [1.54, 1.807) is 36.0 Å². The predicted molar refractivity (Wildman–Crippen MR) is 81.1 cm³/mol. The van der Waals surface area contributed by atoms with Crippen molar-refractivity contribution in [3.8, 4) is 0 Å². The zero-order chi connectivity index (χ0) is 15.0. The second-order valence-electron chi connectivity index (χ2n) is 4.39. The van der Waals surface area contributed by atoms with E-state index in [0.29, 0.717) is 24.9 Å². The maximum Gasteiger partial charge on any atom is 0.335 e. The number of carbonyl (C=O) groups excluding carboxylic acids is 1. The maximum atomic E-state index is 11.7. The van der Waals surface area contributed by atoms with E-state index in [0.717, 1.165) is 5.75 Å². The summed E-state index contributed by atoms with van der Waals surface area (Å²) >= 11 is 1.65. The van der Waals surface area contributed by atoms with Crippen LogP contribution in [0.2, 0.25) is 0 Å². The minimum Gasteiger partial charge on any atom is -0.478 e. The molecule has 1 aromatic rings. The molecule has 0 saturated heterocycles. The van der Waals surface area contributed by atoms with Crippen molar-refractivity contribution < 1.29 is 14.7 Å². The maximum absolute atomic E-state index is 11.7. The Kier molecular flexibility index (Phi) is 7.11. The fourth-order valence-electron chi connectivity index (χ4n) is 1.77. The summed E-state index contributed by atoms with van der Waals surface area (Å²) in [6, 6.07) is 6.28. The third-order valence-corrected chi connectivity index (χ3v) is 3.56. The van der Waals surface area contributed by atoms with Crippen molar-refractivity contribution in [2.45, 2.75) is 18.9 Å². The van der Waals surface area contributed by atoms with Crippen LogP contribution in [0.15, 0.2) is 24.3 Å². The van der Waals surface area contributed by atoms with E-state index < -0.39 is 12.0 Å². The van der Waals surface area contributed by atoms with Crippen LogP contribution in [-0.2, 0) is 11.2 Å². The first-order valence-corrected chi connectivity index (χ1v) is 7.79. The van der Waals surface area contributed by atoms with Gasteiger partial charge in [0.15, 0.2) is 0 Å². The van der Waals surface area contributed by atoms with Crippen molar-refractivity contribution in [1.82, 2.24) is 5.32 Å². The molecule has 1 amide bonds. The van der Waals surface area contributed by atoms with E-state index in [1.807, 2.05) is 6.26 Å². The Balaban J connectivity index is 2.45. The van der Waals surface area contributed by atoms with Gasteiger partial charge < -0.3 is 16.2 Å². The number of nitrogens with two attached hydrogens (primary N) is 1. The smallest absolute Gasteiger partial charge is 0.335 e. The molecule has 1 atom stereocenters. The molecule has 4 N–H and O–H groups in total. The molecular weight excluding hydrogens is 276 g/mol. The highest BCUT2D eigenvalue weighted by molar-refractivity contribution is 7.98. The number of nitrogens with one attached hydrogen (secondary N) is 1. The fourth-order valence-corrected chi connectivity index (χ4v) is 2.26. The highest BCUT2D eigenvalue weighted by Gasteiger charge is 2.13. The van der Waals surface area contributed by atoms with Gasteiger partial charge in [-0.25, -0.2) is 4.79 Å². The Morgan fingerprint density at radius 1 is 1.40 bits per heavy atom. The number of hydrogen-bond donors (Lipinski definition) is 3. The third kappa shape index (κ3) is 5.22. The second-order valence-corrected chi connectivity index (χ2v) is 5.38. The summed E-state index contributed by atoms with van der Waals surface area (Å²) in [5.41, 5.74) is 6.72. The molecule has 0 aliphatic carbocycles. The van der Waals surface area contributed by atoms with E-state index in [9.17, 15) is 9.59 Å². The Hall–Kier alpha value is -1.53. The molecule has 0 fully saturated rings. The molecule has 0 heterocycles. The summed E-state index contributed by atoms with van der Waals surface area (Å²) in [4.78, 5) is 22.7. The number of carbonyl (C=O) groups is 2. The van der Waals surface area contributed by atoms with Crippen LogP contribution in [0.5, 0.6) is 0 Å². The highest BCUT2D eigenvalue weighted by atomic mass is 32.2. The lowest BCUT2D eigenvalue weighted by molar-refractivity contribution is -0.122. The molecule has 0 aliphatic rings. The van der Waals surface area contributed by atoms with Gasteiger partial charge in [0.1, 0.15) is 0 Å². The van der Waals surface area contributed by atoms with Crippen molar-refractivity contribution in [2.24, 2.45) is 5.73 Å². The number of thioether (sulfide) groups is 1. The molecule has 5 nitrogen and oxygen atoms in total. The van der Waals surface area contributed by atoms with Crippen molar-refractivity contribution in [3.05, 3.63) is 35.4 Å². The number of aromatic carboxylic acids is 1. The molecule has 0 saturated carbocycles. The van der Waals surface area contributed by atoms with Crippen molar-refractivity contribution in [3.63, 3.8) is 0 Å². The molecule has 0 radical (unpaired) electrons. The molecule has 20 heavy (non-hydrogen) atoms. The van der Waals surface area contributed by atoms with Crippen LogP contribution in [0.25, 0.3) is 0 Å². The second kappa shape index (κ2) is 8.60. The summed E-state index contributed by atoms with van der Waals surface area (Å²) in [5, 5.41) is 11.8. The van der Waals surface area contributed by atoms with E-state index in [4.69, 9.17) is 10.8 Å². The van der Waals surface area contributed by atoms with Crippen LogP contribution in [-0.4, -0.2) is 41.6 Å². The number of hydrogen-bond acceptors (Lipinski definition) is 4. The summed E-state index contributed by atoms with van der Waals surface area (Å²) in [7, 11) is 0. The van der Waals surface area contributed by atoms with Gasteiger partial charge in [0.05, 0.1) is 11.6 Å². The summed E-state index contributed by atoms with van der Waals surface area (Å²) < 4.78 is 0. The van der Waals surface area contributed by atoms with E-state index in [-0.39, 0.29) is 11.5 Å². The van der Waals surface area contributed by atoms with E-state index in [2.05, 4.69) is 5.32 Å². The summed E-state index contributed by atoms with van der Waals surface area (Å²) in [6.45, 7) is 0.385. The minimum absolute atomic E-state index is 0.188. The zero-order valence-electron chi connectivity index (χ0n) is 11.5. The van der Waals surface area contributed by atoms with Gasteiger partial charge >= 0.3 is 5.97 Å². The quantitative estimate of drug-likeness (QED) is 0.668. The van der Waals surface area contributed by atoms with E-state index >= 15 is 0 Å². The molecular formula is C14H20N2O3S. The topological polar surface area (TPSA) is 92.4 Å². The van der Waals surface area contributed by atoms with Gasteiger partial charge in [-0.05, 0) is 36.5 Å². The Morgan fingerprint density at radius 3 is 2.75 bits per heavy atom. The fraction of sp³-hybridized carbons (Fsp3) is 0.429. The lowest BCUT2D eigenvalue weighted by atomic mass is 10.0. The van der Waals surface area contributed by atoms with Gasteiger partial charge in [0.25, 0.3) is 0 Å². The van der Waals surface area contributed by atoms with Gasteiger partial charge in [0, 0.05) is 6.54 Å². The van der Waals surface area contributed by atoms with Crippen LogP contribution in [0.3, 0.4) is 0 Å². The molecule has 1 aromatic carbocycles. The number of carboxylic acids is 1. The van der Waals surface area contributed by atoms with Gasteiger partial charge in [-0.15, -0.1) is 0 Å².